The summed E-state index contributed by atoms with van der Waals surface area (Å²) in [7, 11) is 1.94. The van der Waals surface area contributed by atoms with E-state index in [0.29, 0.717) is 11.7 Å². The lowest BCUT2D eigenvalue weighted by Gasteiger charge is -2.08. The van der Waals surface area contributed by atoms with Crippen LogP contribution in [0.15, 0.2) is 5.16 Å². The fourth-order valence-electron chi connectivity index (χ4n) is 1.01. The molecule has 76 valence electrons. The molecule has 0 bridgehead atoms. The number of nitrogens with zero attached hydrogens (tertiary/aromatic N) is 4. The lowest BCUT2D eigenvalue weighted by Crippen LogP contribution is -2.02. The van der Waals surface area contributed by atoms with Gasteiger partial charge in [0.25, 0.3) is 0 Å². The summed E-state index contributed by atoms with van der Waals surface area (Å²) in [4.78, 5) is 0. The van der Waals surface area contributed by atoms with Gasteiger partial charge in [0.2, 0.25) is 0 Å². The molecule has 0 saturated carbocycles. The maximum absolute atomic E-state index is 8.61. The van der Waals surface area contributed by atoms with Crippen LogP contribution in [0.5, 0.6) is 0 Å². The molecule has 0 aliphatic carbocycles. The molecule has 14 heavy (non-hydrogen) atoms. The van der Waals surface area contributed by atoms with Crippen molar-refractivity contribution in [1.82, 2.24) is 14.8 Å². The van der Waals surface area contributed by atoms with Crippen molar-refractivity contribution < 1.29 is 0 Å². The molecule has 1 aromatic rings. The van der Waals surface area contributed by atoms with E-state index in [-0.39, 0.29) is 0 Å². The van der Waals surface area contributed by atoms with E-state index in [1.807, 2.05) is 18.5 Å². The summed E-state index contributed by atoms with van der Waals surface area (Å²) < 4.78 is 1.95. The van der Waals surface area contributed by atoms with Crippen LogP contribution < -0.4 is 0 Å². The second-order valence-corrected chi connectivity index (χ2v) is 4.37. The fourth-order valence-corrected chi connectivity index (χ4v) is 2.01. The Morgan fingerprint density at radius 2 is 2.29 bits per heavy atom. The minimum atomic E-state index is 0.322. The van der Waals surface area contributed by atoms with Gasteiger partial charge in [-0.15, -0.1) is 10.2 Å². The molecule has 0 aromatic carbocycles. The maximum atomic E-state index is 8.61. The average Bonchev–Trinajstić information content (AvgIpc) is 2.49. The van der Waals surface area contributed by atoms with Crippen LogP contribution in [0, 0.1) is 18.3 Å². The molecule has 1 aromatic heterocycles. The summed E-state index contributed by atoms with van der Waals surface area (Å²) in [5, 5.41) is 17.9. The number of nitriles is 1. The van der Waals surface area contributed by atoms with Crippen molar-refractivity contribution in [3.05, 3.63) is 5.82 Å². The zero-order valence-corrected chi connectivity index (χ0v) is 9.51. The zero-order valence-electron chi connectivity index (χ0n) is 8.69. The molecule has 0 aliphatic rings. The van der Waals surface area contributed by atoms with Crippen LogP contribution in [-0.4, -0.2) is 20.0 Å². The molecule has 1 heterocycles. The van der Waals surface area contributed by atoms with Gasteiger partial charge in [0.15, 0.2) is 5.16 Å². The molecule has 0 saturated heterocycles. The molecule has 1 unspecified atom stereocenters. The van der Waals surface area contributed by atoms with E-state index in [4.69, 9.17) is 5.26 Å². The number of hydrogen-bond donors (Lipinski definition) is 0. The minimum Gasteiger partial charge on any atom is -0.309 e. The first kappa shape index (κ1) is 11.1. The van der Waals surface area contributed by atoms with Gasteiger partial charge in [-0.1, -0.05) is 18.7 Å². The minimum absolute atomic E-state index is 0.322. The zero-order chi connectivity index (χ0) is 10.6. The van der Waals surface area contributed by atoms with Crippen molar-refractivity contribution in [2.75, 3.05) is 0 Å². The number of rotatable bonds is 4. The first-order valence-electron chi connectivity index (χ1n) is 4.58. The van der Waals surface area contributed by atoms with Crippen molar-refractivity contribution in [2.24, 2.45) is 7.05 Å². The van der Waals surface area contributed by atoms with Crippen molar-refractivity contribution >= 4 is 11.8 Å². The van der Waals surface area contributed by atoms with Gasteiger partial charge in [-0.3, -0.25) is 0 Å². The highest BCUT2D eigenvalue weighted by molar-refractivity contribution is 7.99. The quantitative estimate of drug-likeness (QED) is 0.712. The van der Waals surface area contributed by atoms with Crippen LogP contribution in [0.3, 0.4) is 0 Å². The Morgan fingerprint density at radius 1 is 1.57 bits per heavy atom. The van der Waals surface area contributed by atoms with E-state index in [9.17, 15) is 0 Å². The van der Waals surface area contributed by atoms with Crippen LogP contribution >= 0.6 is 11.8 Å². The third kappa shape index (κ3) is 2.48. The van der Waals surface area contributed by atoms with Gasteiger partial charge >= 0.3 is 0 Å². The molecule has 1 atom stereocenters. The lowest BCUT2D eigenvalue weighted by molar-refractivity contribution is 0.753. The normalized spacial score (nSPS) is 12.4. The van der Waals surface area contributed by atoms with Gasteiger partial charge in [-0.2, -0.15) is 5.26 Å². The van der Waals surface area contributed by atoms with Gasteiger partial charge < -0.3 is 4.57 Å². The van der Waals surface area contributed by atoms with E-state index >= 15 is 0 Å². The Hall–Kier alpha value is -1.02. The summed E-state index contributed by atoms with van der Waals surface area (Å²) in [6, 6.07) is 2.19. The fraction of sp³-hybridized carbons (Fsp3) is 0.667. The van der Waals surface area contributed by atoms with Crippen molar-refractivity contribution in [2.45, 2.75) is 37.1 Å². The summed E-state index contributed by atoms with van der Waals surface area (Å²) in [6.07, 6.45) is 1.54. The summed E-state index contributed by atoms with van der Waals surface area (Å²) in [5.74, 6) is 0.902. The Kier molecular flexibility index (Phi) is 3.96. The molecular formula is C9H14N4S. The van der Waals surface area contributed by atoms with Crippen molar-refractivity contribution in [3.8, 4) is 6.07 Å². The summed E-state index contributed by atoms with van der Waals surface area (Å²) in [5.41, 5.74) is 0. The number of aromatic nitrogens is 3. The maximum Gasteiger partial charge on any atom is 0.191 e. The predicted molar refractivity (Wildman–Crippen MR) is 55.9 cm³/mol. The first-order valence-corrected chi connectivity index (χ1v) is 5.46. The van der Waals surface area contributed by atoms with Crippen LogP contribution in [0.2, 0.25) is 0 Å². The number of aryl methyl sites for hydroxylation is 1. The number of hydrogen-bond acceptors (Lipinski definition) is 4. The second-order valence-electron chi connectivity index (χ2n) is 3.10. The molecule has 1 rings (SSSR count). The molecule has 5 heteroatoms. The van der Waals surface area contributed by atoms with Crippen LogP contribution in [0.4, 0.5) is 0 Å². The van der Waals surface area contributed by atoms with E-state index < -0.39 is 0 Å². The molecule has 0 amide bonds. The molecule has 0 N–H and O–H groups in total. The molecular weight excluding hydrogens is 196 g/mol. The number of thioether (sulfide) groups is 1. The first-order chi connectivity index (χ1) is 6.69. The predicted octanol–water partition coefficient (Wildman–Crippen LogP) is 1.91. The third-order valence-corrected chi connectivity index (χ3v) is 3.50. The average molecular weight is 210 g/mol. The Morgan fingerprint density at radius 3 is 2.71 bits per heavy atom. The Bertz CT molecular complexity index is 339. The van der Waals surface area contributed by atoms with Crippen LogP contribution in [0.25, 0.3) is 0 Å². The standard InChI is InChI=1S/C9H14N4S/c1-4-8(5-6-10)14-9-12-11-7(2)13(9)3/h8H,4-5H2,1-3H3. The largest absolute Gasteiger partial charge is 0.309 e. The topological polar surface area (TPSA) is 54.5 Å². The van der Waals surface area contributed by atoms with E-state index in [1.165, 1.54) is 0 Å². The smallest absolute Gasteiger partial charge is 0.191 e. The van der Waals surface area contributed by atoms with Gasteiger partial charge in [-0.25, -0.2) is 0 Å². The summed E-state index contributed by atoms with van der Waals surface area (Å²) >= 11 is 1.63. The monoisotopic (exact) mass is 210 g/mol. The van der Waals surface area contributed by atoms with Crippen LogP contribution in [0.1, 0.15) is 25.6 Å². The Labute approximate surface area is 88.3 Å². The molecule has 4 nitrogen and oxygen atoms in total. The Balaban J connectivity index is 2.68. The highest BCUT2D eigenvalue weighted by Crippen LogP contribution is 2.25. The van der Waals surface area contributed by atoms with Crippen molar-refractivity contribution in [3.63, 3.8) is 0 Å². The van der Waals surface area contributed by atoms with Crippen molar-refractivity contribution in [1.29, 1.82) is 5.26 Å². The van der Waals surface area contributed by atoms with E-state index in [1.54, 1.807) is 11.8 Å². The third-order valence-electron chi connectivity index (χ3n) is 2.10. The van der Waals surface area contributed by atoms with Gasteiger partial charge in [0.05, 0.1) is 6.07 Å². The van der Waals surface area contributed by atoms with E-state index in [2.05, 4.69) is 23.2 Å². The SMILES string of the molecule is CCC(CC#N)Sc1nnc(C)n1C. The van der Waals surface area contributed by atoms with E-state index in [0.717, 1.165) is 17.4 Å². The van der Waals surface area contributed by atoms with Gasteiger partial charge in [0, 0.05) is 18.7 Å². The highest BCUT2D eigenvalue weighted by atomic mass is 32.2. The second kappa shape index (κ2) is 5.01. The van der Waals surface area contributed by atoms with Gasteiger partial charge in [0.1, 0.15) is 5.82 Å². The van der Waals surface area contributed by atoms with Crippen LogP contribution in [-0.2, 0) is 7.05 Å². The van der Waals surface area contributed by atoms with Gasteiger partial charge in [-0.05, 0) is 13.3 Å². The molecule has 0 spiro atoms. The lowest BCUT2D eigenvalue weighted by atomic mass is 10.3. The summed E-state index contributed by atoms with van der Waals surface area (Å²) in [6.45, 7) is 4.00. The molecule has 0 aliphatic heterocycles. The molecule has 0 radical (unpaired) electrons. The highest BCUT2D eigenvalue weighted by Gasteiger charge is 2.12. The molecule has 0 fully saturated rings.